The second-order valence-corrected chi connectivity index (χ2v) is 13.1. The SMILES string of the molecule is N#CC[C@]1(n2cc(C3N=CN=C4NC=CC43)cn2)C[C@H](N2CCC(Oc3cc(CN4CCC[C@H]4CO)cc(C(F)(F)F)n3)CC2)C1. The number of nitrogens with one attached hydrogen (secondary N) is 1. The summed E-state index contributed by atoms with van der Waals surface area (Å²) in [7, 11) is 0. The Morgan fingerprint density at radius 3 is 2.74 bits per heavy atom. The standard InChI is InChI=1S/C32H38F3N9O2/c33-32(34,35)27-12-21(17-43-9-1-2-23(43)19-45)13-28(41-27)46-25-4-10-42(11-5-25)24-14-31(15-24,6-7-36)44-18-22(16-40-44)29-26-3-8-37-30(26)39-20-38-29/h3,8,12-13,16,18,20,23-26,29,45H,1-2,4-6,9-11,14-15,17,19H2,(H,37,38,39)/t23-,24-,26?,29?,31-/m0/s1. The van der Waals surface area contributed by atoms with Crippen LogP contribution in [0.3, 0.4) is 0 Å². The Kier molecular flexibility index (Phi) is 8.33. The van der Waals surface area contributed by atoms with Gasteiger partial charge in [-0.25, -0.2) is 9.98 Å². The Balaban J connectivity index is 0.967. The number of fused-ring (bicyclic) bond motifs is 1. The molecule has 2 saturated heterocycles. The minimum absolute atomic E-state index is 0.00115. The molecule has 2 aromatic rings. The van der Waals surface area contributed by atoms with E-state index >= 15 is 0 Å². The van der Waals surface area contributed by atoms with Gasteiger partial charge in [-0.2, -0.15) is 23.5 Å². The molecule has 2 unspecified atom stereocenters. The zero-order valence-corrected chi connectivity index (χ0v) is 25.5. The van der Waals surface area contributed by atoms with Crippen molar-refractivity contribution >= 4 is 12.2 Å². The number of halogens is 3. The fourth-order valence-electron chi connectivity index (χ4n) is 7.67. The van der Waals surface area contributed by atoms with E-state index in [1.807, 2.05) is 28.2 Å². The molecule has 4 aliphatic heterocycles. The van der Waals surface area contributed by atoms with E-state index < -0.39 is 11.9 Å². The predicted octanol–water partition coefficient (Wildman–Crippen LogP) is 3.78. The third-order valence-electron chi connectivity index (χ3n) is 10.2. The Labute approximate surface area is 265 Å². The number of piperidine rings is 1. The van der Waals surface area contributed by atoms with Crippen molar-refractivity contribution in [3.63, 3.8) is 0 Å². The number of alkyl halides is 3. The number of aliphatic imine (C=N–C) groups is 2. The second kappa shape index (κ2) is 12.4. The maximum Gasteiger partial charge on any atom is 0.433 e. The zero-order chi connectivity index (χ0) is 31.9. The number of nitrogens with zero attached hydrogens (tertiary/aromatic N) is 8. The Bertz CT molecular complexity index is 1550. The van der Waals surface area contributed by atoms with Crippen molar-refractivity contribution in [2.75, 3.05) is 26.2 Å². The van der Waals surface area contributed by atoms with Crippen LogP contribution in [0.1, 0.15) is 67.8 Å². The van der Waals surface area contributed by atoms with Crippen molar-refractivity contribution in [2.24, 2.45) is 15.9 Å². The Hall–Kier alpha value is -3.80. The zero-order valence-electron chi connectivity index (χ0n) is 25.5. The molecule has 0 aromatic carbocycles. The average Bonchev–Trinajstić information content (AvgIpc) is 3.80. The number of hydrogen-bond donors (Lipinski definition) is 2. The summed E-state index contributed by atoms with van der Waals surface area (Å²) in [6.07, 6.45) is 9.60. The molecule has 1 saturated carbocycles. The van der Waals surface area contributed by atoms with Crippen LogP contribution >= 0.6 is 0 Å². The number of likely N-dealkylation sites (tertiary alicyclic amines) is 2. The first-order chi connectivity index (χ1) is 22.2. The fraction of sp³-hybridized carbons (Fsp3) is 0.594. The second-order valence-electron chi connectivity index (χ2n) is 13.1. The Morgan fingerprint density at radius 1 is 1.15 bits per heavy atom. The van der Waals surface area contributed by atoms with E-state index in [9.17, 15) is 23.5 Å². The van der Waals surface area contributed by atoms with E-state index in [2.05, 4.69) is 37.3 Å². The number of hydrogen-bond acceptors (Lipinski definition) is 10. The van der Waals surface area contributed by atoms with E-state index in [0.717, 1.165) is 62.8 Å². The van der Waals surface area contributed by atoms with Gasteiger partial charge in [0.05, 0.1) is 42.8 Å². The van der Waals surface area contributed by atoms with Crippen LogP contribution in [-0.4, -0.2) is 86.3 Å². The molecule has 1 aliphatic carbocycles. The fourth-order valence-corrected chi connectivity index (χ4v) is 7.67. The normalized spacial score (nSPS) is 30.0. The predicted molar refractivity (Wildman–Crippen MR) is 163 cm³/mol. The summed E-state index contributed by atoms with van der Waals surface area (Å²) < 4.78 is 49.2. The molecule has 11 nitrogen and oxygen atoms in total. The highest BCUT2D eigenvalue weighted by Gasteiger charge is 2.49. The molecule has 3 fully saturated rings. The van der Waals surface area contributed by atoms with E-state index in [0.29, 0.717) is 31.4 Å². The molecule has 46 heavy (non-hydrogen) atoms. The van der Waals surface area contributed by atoms with Gasteiger partial charge in [-0.1, -0.05) is 6.08 Å². The number of rotatable bonds is 9. The first-order valence-corrected chi connectivity index (χ1v) is 16.0. The summed E-state index contributed by atoms with van der Waals surface area (Å²) >= 11 is 0. The lowest BCUT2D eigenvalue weighted by Crippen LogP contribution is -2.58. The first-order valence-electron chi connectivity index (χ1n) is 16.0. The summed E-state index contributed by atoms with van der Waals surface area (Å²) in [5.41, 5.74) is 0.135. The molecule has 14 heteroatoms. The summed E-state index contributed by atoms with van der Waals surface area (Å²) in [4.78, 5) is 17.2. The van der Waals surface area contributed by atoms with Gasteiger partial charge in [0.2, 0.25) is 5.88 Å². The minimum Gasteiger partial charge on any atom is -0.474 e. The van der Waals surface area contributed by atoms with Crippen LogP contribution in [0, 0.1) is 17.2 Å². The van der Waals surface area contributed by atoms with Crippen LogP contribution in [0.25, 0.3) is 0 Å². The van der Waals surface area contributed by atoms with E-state index in [-0.39, 0.29) is 48.2 Å². The highest BCUT2D eigenvalue weighted by atomic mass is 19.4. The molecule has 244 valence electrons. The monoisotopic (exact) mass is 637 g/mol. The lowest BCUT2D eigenvalue weighted by molar-refractivity contribution is -0.141. The van der Waals surface area contributed by atoms with Crippen molar-refractivity contribution in [1.29, 1.82) is 5.26 Å². The molecule has 0 amide bonds. The van der Waals surface area contributed by atoms with Crippen LogP contribution in [0.4, 0.5) is 13.2 Å². The molecular weight excluding hydrogens is 599 g/mol. The van der Waals surface area contributed by atoms with Crippen molar-refractivity contribution in [3.05, 3.63) is 53.6 Å². The van der Waals surface area contributed by atoms with Crippen LogP contribution in [0.5, 0.6) is 5.88 Å². The molecule has 0 spiro atoms. The van der Waals surface area contributed by atoms with Gasteiger partial charge in [0.15, 0.2) is 0 Å². The van der Waals surface area contributed by atoms with Crippen molar-refractivity contribution < 1.29 is 23.0 Å². The maximum atomic E-state index is 13.7. The first kappa shape index (κ1) is 30.8. The smallest absolute Gasteiger partial charge is 0.433 e. The van der Waals surface area contributed by atoms with Crippen LogP contribution in [0.15, 0.2) is 46.8 Å². The summed E-state index contributed by atoms with van der Waals surface area (Å²) in [5.74, 6) is 0.922. The van der Waals surface area contributed by atoms with Gasteiger partial charge in [-0.05, 0) is 62.9 Å². The highest BCUT2D eigenvalue weighted by molar-refractivity contribution is 5.96. The molecular formula is C32H38F3N9O2. The van der Waals surface area contributed by atoms with Crippen molar-refractivity contribution in [2.45, 2.75) is 87.4 Å². The quantitative estimate of drug-likeness (QED) is 0.426. The topological polar surface area (TPSA) is 127 Å². The Morgan fingerprint density at radius 2 is 1.98 bits per heavy atom. The summed E-state index contributed by atoms with van der Waals surface area (Å²) in [6.45, 7) is 2.54. The van der Waals surface area contributed by atoms with Gasteiger partial charge in [0.25, 0.3) is 0 Å². The molecule has 6 heterocycles. The van der Waals surface area contributed by atoms with Gasteiger partial charge in [0.1, 0.15) is 24.0 Å². The van der Waals surface area contributed by atoms with Crippen LogP contribution in [-0.2, 0) is 18.3 Å². The van der Waals surface area contributed by atoms with Crippen molar-refractivity contribution in [3.8, 4) is 11.9 Å². The lowest BCUT2D eigenvalue weighted by atomic mass is 9.69. The van der Waals surface area contributed by atoms with Gasteiger partial charge in [-0.3, -0.25) is 19.5 Å². The largest absolute Gasteiger partial charge is 0.474 e. The van der Waals surface area contributed by atoms with E-state index in [1.54, 1.807) is 12.4 Å². The molecule has 0 radical (unpaired) electrons. The van der Waals surface area contributed by atoms with Crippen LogP contribution < -0.4 is 10.1 Å². The van der Waals surface area contributed by atoms with E-state index in [4.69, 9.17) is 9.84 Å². The number of nitriles is 1. The molecule has 2 aromatic heterocycles. The lowest BCUT2D eigenvalue weighted by Gasteiger charge is -2.52. The number of pyridine rings is 1. The number of aliphatic hydroxyl groups is 1. The van der Waals surface area contributed by atoms with Gasteiger partial charge in [0, 0.05) is 49.5 Å². The van der Waals surface area contributed by atoms with Gasteiger partial charge in [-0.15, -0.1) is 0 Å². The van der Waals surface area contributed by atoms with Gasteiger partial charge < -0.3 is 15.2 Å². The summed E-state index contributed by atoms with van der Waals surface area (Å²) in [5, 5.41) is 27.2. The molecule has 2 N–H and O–H groups in total. The maximum absolute atomic E-state index is 13.7. The molecule has 0 bridgehead atoms. The molecule has 3 atom stereocenters. The number of aliphatic hydroxyl groups excluding tert-OH is 1. The number of aromatic nitrogens is 3. The number of amidine groups is 1. The highest BCUT2D eigenvalue weighted by Crippen LogP contribution is 2.46. The minimum atomic E-state index is -4.58. The third kappa shape index (κ3) is 6.03. The van der Waals surface area contributed by atoms with Gasteiger partial charge >= 0.3 is 6.18 Å². The third-order valence-corrected chi connectivity index (χ3v) is 10.2. The molecule has 7 rings (SSSR count). The number of ether oxygens (including phenoxy) is 1. The molecule has 5 aliphatic rings. The van der Waals surface area contributed by atoms with E-state index in [1.165, 1.54) is 0 Å². The average molecular weight is 638 g/mol. The van der Waals surface area contributed by atoms with Crippen molar-refractivity contribution in [1.82, 2.24) is 29.9 Å². The van der Waals surface area contributed by atoms with Crippen LogP contribution in [0.2, 0.25) is 0 Å². The summed E-state index contributed by atoms with van der Waals surface area (Å²) in [6, 6.07) is 5.20.